The van der Waals surface area contributed by atoms with E-state index in [1.54, 1.807) is 7.11 Å². The highest BCUT2D eigenvalue weighted by Gasteiger charge is 2.13. The number of fused-ring (bicyclic) bond motifs is 1. The molecular weight excluding hydrogens is 214 g/mol. The quantitative estimate of drug-likeness (QED) is 0.882. The molecule has 0 spiro atoms. The zero-order chi connectivity index (χ0) is 12.4. The molecule has 0 saturated heterocycles. The zero-order valence-corrected chi connectivity index (χ0v) is 10.6. The molecule has 92 valence electrons. The van der Waals surface area contributed by atoms with Crippen molar-refractivity contribution in [2.24, 2.45) is 0 Å². The number of hydrogen-bond donors (Lipinski definition) is 1. The molecule has 0 aliphatic heterocycles. The Balaban J connectivity index is 2.44. The maximum absolute atomic E-state index is 5.99. The van der Waals surface area contributed by atoms with Crippen LogP contribution in [0.4, 0.5) is 5.95 Å². The van der Waals surface area contributed by atoms with E-state index in [-0.39, 0.29) is 0 Å². The third-order valence-corrected chi connectivity index (χ3v) is 3.05. The lowest BCUT2D eigenvalue weighted by Crippen LogP contribution is -2.10. The standard InChI is InChI=1S/C13H19N3O/c1-9-4-5-11-12(8-9)16(13(14)15-11)10(2)6-7-17-3/h4-5,8,10H,6-7H2,1-3H3,(H2,14,15). The van der Waals surface area contributed by atoms with E-state index in [0.717, 1.165) is 24.1 Å². The van der Waals surface area contributed by atoms with Crippen LogP contribution < -0.4 is 5.73 Å². The summed E-state index contributed by atoms with van der Waals surface area (Å²) in [5.41, 5.74) is 9.27. The van der Waals surface area contributed by atoms with Crippen molar-refractivity contribution in [2.75, 3.05) is 19.5 Å². The maximum Gasteiger partial charge on any atom is 0.201 e. The fourth-order valence-electron chi connectivity index (χ4n) is 2.10. The van der Waals surface area contributed by atoms with E-state index < -0.39 is 0 Å². The van der Waals surface area contributed by atoms with Gasteiger partial charge in [-0.1, -0.05) is 6.07 Å². The molecule has 2 aromatic rings. The second kappa shape index (κ2) is 4.75. The second-order valence-corrected chi connectivity index (χ2v) is 4.46. The molecule has 0 saturated carbocycles. The molecule has 1 unspecified atom stereocenters. The molecule has 0 radical (unpaired) electrons. The lowest BCUT2D eigenvalue weighted by molar-refractivity contribution is 0.182. The van der Waals surface area contributed by atoms with E-state index >= 15 is 0 Å². The fraction of sp³-hybridized carbons (Fsp3) is 0.462. The van der Waals surface area contributed by atoms with Gasteiger partial charge in [-0.05, 0) is 38.0 Å². The third-order valence-electron chi connectivity index (χ3n) is 3.05. The van der Waals surface area contributed by atoms with Gasteiger partial charge in [0.1, 0.15) is 0 Å². The number of aromatic nitrogens is 2. The minimum atomic E-state index is 0.293. The Morgan fingerprint density at radius 3 is 2.94 bits per heavy atom. The van der Waals surface area contributed by atoms with Crippen LogP contribution in [0.25, 0.3) is 11.0 Å². The van der Waals surface area contributed by atoms with Gasteiger partial charge in [0, 0.05) is 19.8 Å². The highest BCUT2D eigenvalue weighted by molar-refractivity contribution is 5.79. The Morgan fingerprint density at radius 1 is 1.47 bits per heavy atom. The Kier molecular flexibility index (Phi) is 3.33. The molecule has 0 aliphatic rings. The largest absolute Gasteiger partial charge is 0.385 e. The van der Waals surface area contributed by atoms with Crippen molar-refractivity contribution in [3.8, 4) is 0 Å². The maximum atomic E-state index is 5.99. The average molecular weight is 233 g/mol. The van der Waals surface area contributed by atoms with Gasteiger partial charge in [-0.15, -0.1) is 0 Å². The number of methoxy groups -OCH3 is 1. The van der Waals surface area contributed by atoms with E-state index in [9.17, 15) is 0 Å². The van der Waals surface area contributed by atoms with E-state index in [4.69, 9.17) is 10.5 Å². The lowest BCUT2D eigenvalue weighted by Gasteiger charge is -2.15. The molecule has 17 heavy (non-hydrogen) atoms. The molecule has 0 aliphatic carbocycles. The van der Waals surface area contributed by atoms with Crippen molar-refractivity contribution in [3.63, 3.8) is 0 Å². The van der Waals surface area contributed by atoms with Crippen molar-refractivity contribution < 1.29 is 4.74 Å². The second-order valence-electron chi connectivity index (χ2n) is 4.46. The fourth-order valence-corrected chi connectivity index (χ4v) is 2.10. The molecule has 1 atom stereocenters. The number of nitrogens with two attached hydrogens (primary N) is 1. The molecule has 0 bridgehead atoms. The molecule has 4 heteroatoms. The minimum absolute atomic E-state index is 0.293. The summed E-state index contributed by atoms with van der Waals surface area (Å²) in [6, 6.07) is 6.49. The van der Waals surface area contributed by atoms with Crippen LogP contribution in [0.3, 0.4) is 0 Å². The third kappa shape index (κ3) is 2.26. The van der Waals surface area contributed by atoms with Crippen molar-refractivity contribution in [1.29, 1.82) is 0 Å². The summed E-state index contributed by atoms with van der Waals surface area (Å²) >= 11 is 0. The molecule has 1 aromatic heterocycles. The monoisotopic (exact) mass is 233 g/mol. The van der Waals surface area contributed by atoms with E-state index in [1.165, 1.54) is 5.56 Å². The average Bonchev–Trinajstić information content (AvgIpc) is 2.61. The summed E-state index contributed by atoms with van der Waals surface area (Å²) in [5, 5.41) is 0. The van der Waals surface area contributed by atoms with Crippen LogP contribution in [0.5, 0.6) is 0 Å². The molecule has 4 nitrogen and oxygen atoms in total. The summed E-state index contributed by atoms with van der Waals surface area (Å²) < 4.78 is 7.20. The smallest absolute Gasteiger partial charge is 0.201 e. The molecule has 2 rings (SSSR count). The van der Waals surface area contributed by atoms with Gasteiger partial charge in [-0.3, -0.25) is 0 Å². The number of hydrogen-bond acceptors (Lipinski definition) is 3. The summed E-state index contributed by atoms with van der Waals surface area (Å²) in [6.45, 7) is 4.94. The summed E-state index contributed by atoms with van der Waals surface area (Å²) in [5.74, 6) is 0.578. The van der Waals surface area contributed by atoms with Crippen molar-refractivity contribution in [2.45, 2.75) is 26.3 Å². The first-order valence-electron chi connectivity index (χ1n) is 5.86. The van der Waals surface area contributed by atoms with Gasteiger partial charge in [0.05, 0.1) is 11.0 Å². The van der Waals surface area contributed by atoms with Crippen LogP contribution >= 0.6 is 0 Å². The van der Waals surface area contributed by atoms with Crippen molar-refractivity contribution in [3.05, 3.63) is 23.8 Å². The molecule has 1 aromatic carbocycles. The Labute approximate surface area is 101 Å². The summed E-state index contributed by atoms with van der Waals surface area (Å²) in [6.07, 6.45) is 0.931. The lowest BCUT2D eigenvalue weighted by atomic mass is 10.2. The minimum Gasteiger partial charge on any atom is -0.385 e. The zero-order valence-electron chi connectivity index (χ0n) is 10.6. The van der Waals surface area contributed by atoms with Crippen LogP contribution in [0.2, 0.25) is 0 Å². The summed E-state index contributed by atoms with van der Waals surface area (Å²) in [4.78, 5) is 4.38. The van der Waals surface area contributed by atoms with Gasteiger partial charge < -0.3 is 15.0 Å². The number of anilines is 1. The number of nitrogens with zero attached hydrogens (tertiary/aromatic N) is 2. The van der Waals surface area contributed by atoms with Gasteiger partial charge in [0.2, 0.25) is 5.95 Å². The van der Waals surface area contributed by atoms with E-state index in [1.807, 2.05) is 6.07 Å². The molecule has 1 heterocycles. The van der Waals surface area contributed by atoms with Crippen LogP contribution in [0.1, 0.15) is 24.9 Å². The first-order valence-corrected chi connectivity index (χ1v) is 5.86. The van der Waals surface area contributed by atoms with Crippen LogP contribution in [-0.2, 0) is 4.74 Å². The van der Waals surface area contributed by atoms with Gasteiger partial charge in [0.15, 0.2) is 0 Å². The normalized spacial score (nSPS) is 13.1. The number of ether oxygens (including phenoxy) is 1. The van der Waals surface area contributed by atoms with Crippen LogP contribution in [0.15, 0.2) is 18.2 Å². The topological polar surface area (TPSA) is 53.1 Å². The number of benzene rings is 1. The SMILES string of the molecule is COCCC(C)n1c(N)nc2ccc(C)cc21. The number of nitrogen functional groups attached to an aromatic ring is 1. The molecule has 0 amide bonds. The van der Waals surface area contributed by atoms with Gasteiger partial charge in [-0.2, -0.15) is 0 Å². The predicted octanol–water partition coefficient (Wildman–Crippen LogP) is 2.52. The summed E-state index contributed by atoms with van der Waals surface area (Å²) in [7, 11) is 1.71. The molecule has 0 fully saturated rings. The van der Waals surface area contributed by atoms with Crippen molar-refractivity contribution >= 4 is 17.0 Å². The first-order chi connectivity index (χ1) is 8.13. The Hall–Kier alpha value is -1.55. The van der Waals surface area contributed by atoms with Crippen LogP contribution in [0, 0.1) is 6.92 Å². The molecule has 2 N–H and O–H groups in total. The van der Waals surface area contributed by atoms with Gasteiger partial charge in [-0.25, -0.2) is 4.98 Å². The highest BCUT2D eigenvalue weighted by atomic mass is 16.5. The van der Waals surface area contributed by atoms with Gasteiger partial charge in [0.25, 0.3) is 0 Å². The first kappa shape index (κ1) is 11.9. The van der Waals surface area contributed by atoms with Crippen LogP contribution in [-0.4, -0.2) is 23.3 Å². The predicted molar refractivity (Wildman–Crippen MR) is 70.1 cm³/mol. The number of aryl methyl sites for hydroxylation is 1. The number of imidazole rings is 1. The Morgan fingerprint density at radius 2 is 2.24 bits per heavy atom. The highest BCUT2D eigenvalue weighted by Crippen LogP contribution is 2.25. The Bertz CT molecular complexity index is 519. The molecular formula is C13H19N3O. The van der Waals surface area contributed by atoms with Crippen molar-refractivity contribution in [1.82, 2.24) is 9.55 Å². The number of rotatable bonds is 4. The van der Waals surface area contributed by atoms with Gasteiger partial charge >= 0.3 is 0 Å². The van der Waals surface area contributed by atoms with E-state index in [2.05, 4.69) is 35.5 Å². The van der Waals surface area contributed by atoms with E-state index in [0.29, 0.717) is 12.0 Å².